The molecule has 0 saturated carbocycles. The van der Waals surface area contributed by atoms with E-state index in [2.05, 4.69) is 26.0 Å². The van der Waals surface area contributed by atoms with Crippen LogP contribution in [0.3, 0.4) is 0 Å². The molecule has 2 atom stereocenters. The fraction of sp³-hybridized carbons (Fsp3) is 0.571. The number of nitrogens with one attached hydrogen (secondary N) is 2. The Balaban J connectivity index is 1.76. The van der Waals surface area contributed by atoms with Gasteiger partial charge in [0.15, 0.2) is 0 Å². The van der Waals surface area contributed by atoms with Gasteiger partial charge in [-0.05, 0) is 59.8 Å². The van der Waals surface area contributed by atoms with Crippen LogP contribution in [0.5, 0.6) is 5.75 Å². The highest BCUT2D eigenvalue weighted by atomic mass is 79.9. The van der Waals surface area contributed by atoms with Crippen molar-refractivity contribution in [3.8, 4) is 5.75 Å². The minimum absolute atomic E-state index is 0.0228. The van der Waals surface area contributed by atoms with Gasteiger partial charge in [0.1, 0.15) is 5.75 Å². The number of piperidine rings is 1. The molecule has 0 spiro atoms. The van der Waals surface area contributed by atoms with Gasteiger partial charge in [-0.1, -0.05) is 0 Å². The second-order valence-corrected chi connectivity index (χ2v) is 8.29. The van der Waals surface area contributed by atoms with Crippen LogP contribution in [0.1, 0.15) is 25.7 Å². The maximum atomic E-state index is 12.5. The van der Waals surface area contributed by atoms with Crippen LogP contribution in [-0.4, -0.2) is 33.7 Å². The minimum atomic E-state index is -3.49. The van der Waals surface area contributed by atoms with Gasteiger partial charge in [0.05, 0.1) is 16.5 Å². The third kappa shape index (κ3) is 3.26. The second-order valence-electron chi connectivity index (χ2n) is 5.72. The molecule has 0 radical (unpaired) electrons. The number of sulfonamides is 1. The van der Waals surface area contributed by atoms with E-state index in [4.69, 9.17) is 4.74 Å². The van der Waals surface area contributed by atoms with Gasteiger partial charge >= 0.3 is 0 Å². The topological polar surface area (TPSA) is 67.4 Å². The zero-order valence-electron chi connectivity index (χ0n) is 11.8. The quantitative estimate of drug-likeness (QED) is 0.845. The Labute approximate surface area is 133 Å². The van der Waals surface area contributed by atoms with Crippen LogP contribution in [0, 0.1) is 0 Å². The van der Waals surface area contributed by atoms with Crippen LogP contribution in [0.4, 0.5) is 0 Å². The monoisotopic (exact) mass is 374 g/mol. The number of ether oxygens (including phenoxy) is 1. The van der Waals surface area contributed by atoms with Gasteiger partial charge < -0.3 is 10.1 Å². The van der Waals surface area contributed by atoms with E-state index in [0.717, 1.165) is 25.7 Å². The standard InChI is InChI=1S/C14H19BrN2O3S/c1-20-14-5-4-12(8-13(14)15)21(18,19)17-11-6-9-2-3-10(7-11)16-9/h4-5,8-11,16-17H,2-3,6-7H2,1H3. The number of rotatable bonds is 4. The summed E-state index contributed by atoms with van der Waals surface area (Å²) in [7, 11) is -1.94. The first kappa shape index (κ1) is 15.3. The Hall–Kier alpha value is -0.630. The maximum Gasteiger partial charge on any atom is 0.240 e. The molecule has 7 heteroatoms. The molecule has 2 N–H and O–H groups in total. The molecule has 0 aromatic heterocycles. The van der Waals surface area contributed by atoms with Gasteiger partial charge in [-0.15, -0.1) is 0 Å². The lowest BCUT2D eigenvalue weighted by Gasteiger charge is -2.29. The largest absolute Gasteiger partial charge is 0.496 e. The summed E-state index contributed by atoms with van der Waals surface area (Å²) in [5.41, 5.74) is 0. The van der Waals surface area contributed by atoms with E-state index in [0.29, 0.717) is 22.3 Å². The summed E-state index contributed by atoms with van der Waals surface area (Å²) < 4.78 is 33.6. The summed E-state index contributed by atoms with van der Waals surface area (Å²) in [5.74, 6) is 0.619. The van der Waals surface area contributed by atoms with Gasteiger partial charge in [0.2, 0.25) is 10.0 Å². The Morgan fingerprint density at radius 1 is 1.29 bits per heavy atom. The van der Waals surface area contributed by atoms with Gasteiger partial charge in [0.25, 0.3) is 0 Å². The van der Waals surface area contributed by atoms with Crippen molar-refractivity contribution in [2.75, 3.05) is 7.11 Å². The predicted octanol–water partition coefficient (Wildman–Crippen LogP) is 2.02. The first-order valence-corrected chi connectivity index (χ1v) is 9.37. The number of methoxy groups -OCH3 is 1. The van der Waals surface area contributed by atoms with Crippen molar-refractivity contribution in [1.82, 2.24) is 10.0 Å². The normalized spacial score (nSPS) is 28.6. The van der Waals surface area contributed by atoms with Gasteiger partial charge in [0, 0.05) is 18.1 Å². The van der Waals surface area contributed by atoms with Crippen molar-refractivity contribution in [3.05, 3.63) is 22.7 Å². The summed E-state index contributed by atoms with van der Waals surface area (Å²) in [4.78, 5) is 0.265. The number of hydrogen-bond donors (Lipinski definition) is 2. The van der Waals surface area contributed by atoms with Gasteiger partial charge in [-0.2, -0.15) is 0 Å². The number of hydrogen-bond acceptors (Lipinski definition) is 4. The van der Waals surface area contributed by atoms with E-state index < -0.39 is 10.0 Å². The van der Waals surface area contributed by atoms with Crippen molar-refractivity contribution >= 4 is 26.0 Å². The number of fused-ring (bicyclic) bond motifs is 2. The van der Waals surface area contributed by atoms with E-state index in [1.54, 1.807) is 25.3 Å². The Morgan fingerprint density at radius 3 is 2.52 bits per heavy atom. The summed E-state index contributed by atoms with van der Waals surface area (Å²) >= 11 is 3.33. The zero-order valence-corrected chi connectivity index (χ0v) is 14.2. The lowest BCUT2D eigenvalue weighted by Crippen LogP contribution is -2.47. The van der Waals surface area contributed by atoms with Gasteiger partial charge in [-0.25, -0.2) is 13.1 Å². The van der Waals surface area contributed by atoms with Crippen LogP contribution in [-0.2, 0) is 10.0 Å². The molecule has 2 heterocycles. The Morgan fingerprint density at radius 2 is 1.95 bits per heavy atom. The van der Waals surface area contributed by atoms with E-state index >= 15 is 0 Å². The van der Waals surface area contributed by atoms with Crippen LogP contribution >= 0.6 is 15.9 Å². The molecule has 2 unspecified atom stereocenters. The van der Waals surface area contributed by atoms with Crippen LogP contribution in [0.25, 0.3) is 0 Å². The summed E-state index contributed by atoms with van der Waals surface area (Å²) in [6, 6.07) is 5.75. The van der Waals surface area contributed by atoms with Crippen molar-refractivity contribution < 1.29 is 13.2 Å². The average molecular weight is 375 g/mol. The minimum Gasteiger partial charge on any atom is -0.496 e. The lowest BCUT2D eigenvalue weighted by molar-refractivity contribution is 0.345. The van der Waals surface area contributed by atoms with Crippen LogP contribution in [0.15, 0.2) is 27.6 Å². The second kappa shape index (κ2) is 5.87. The third-order valence-corrected chi connectivity index (χ3v) is 6.37. The molecule has 21 heavy (non-hydrogen) atoms. The summed E-state index contributed by atoms with van der Waals surface area (Å²) in [6.07, 6.45) is 4.04. The van der Waals surface area contributed by atoms with Crippen LogP contribution in [0.2, 0.25) is 0 Å². The van der Waals surface area contributed by atoms with E-state index in [1.165, 1.54) is 0 Å². The van der Waals surface area contributed by atoms with Crippen molar-refractivity contribution in [1.29, 1.82) is 0 Å². The molecule has 2 fully saturated rings. The van der Waals surface area contributed by atoms with Gasteiger partial charge in [-0.3, -0.25) is 0 Å². The third-order valence-electron chi connectivity index (χ3n) is 4.23. The summed E-state index contributed by atoms with van der Waals surface area (Å²) in [5, 5.41) is 3.51. The number of benzene rings is 1. The zero-order chi connectivity index (χ0) is 15.0. The van der Waals surface area contributed by atoms with Crippen molar-refractivity contribution in [2.24, 2.45) is 0 Å². The average Bonchev–Trinajstić information content (AvgIpc) is 2.77. The van der Waals surface area contributed by atoms with E-state index in [9.17, 15) is 8.42 Å². The lowest BCUT2D eigenvalue weighted by atomic mass is 10.0. The molecular weight excluding hydrogens is 356 g/mol. The molecule has 3 rings (SSSR count). The molecule has 0 amide bonds. The fourth-order valence-corrected chi connectivity index (χ4v) is 5.23. The van der Waals surface area contributed by atoms with Crippen LogP contribution < -0.4 is 14.8 Å². The molecule has 1 aromatic carbocycles. The highest BCUT2D eigenvalue weighted by Crippen LogP contribution is 2.30. The molecular formula is C14H19BrN2O3S. The van der Waals surface area contributed by atoms with Crippen molar-refractivity contribution in [2.45, 2.75) is 48.7 Å². The highest BCUT2D eigenvalue weighted by Gasteiger charge is 2.35. The van der Waals surface area contributed by atoms with Crippen molar-refractivity contribution in [3.63, 3.8) is 0 Å². The fourth-order valence-electron chi connectivity index (χ4n) is 3.26. The molecule has 5 nitrogen and oxygen atoms in total. The number of halogens is 1. The molecule has 2 aliphatic heterocycles. The molecule has 116 valence electrons. The smallest absolute Gasteiger partial charge is 0.240 e. The van der Waals surface area contributed by atoms with E-state index in [1.807, 2.05) is 0 Å². The summed E-state index contributed by atoms with van der Waals surface area (Å²) in [6.45, 7) is 0. The highest BCUT2D eigenvalue weighted by molar-refractivity contribution is 9.10. The Kier molecular flexibility index (Phi) is 4.27. The SMILES string of the molecule is COc1ccc(S(=O)(=O)NC2CC3CCC(C2)N3)cc1Br. The first-order chi connectivity index (χ1) is 9.98. The maximum absolute atomic E-state index is 12.5. The molecule has 2 aliphatic rings. The molecule has 1 aromatic rings. The van der Waals surface area contributed by atoms with E-state index in [-0.39, 0.29) is 10.9 Å². The first-order valence-electron chi connectivity index (χ1n) is 7.10. The molecule has 2 bridgehead atoms. The molecule has 0 aliphatic carbocycles. The molecule has 2 saturated heterocycles. The predicted molar refractivity (Wildman–Crippen MR) is 84.0 cm³/mol. The Bertz CT molecular complexity index is 623.